The minimum Gasteiger partial charge on any atom is -0.207 e. The molecule has 0 atom stereocenters. The number of nitrogens with zero attached hydrogens (tertiary/aromatic N) is 1. The van der Waals surface area contributed by atoms with E-state index in [1.807, 2.05) is 30.3 Å². The largest absolute Gasteiger partial charge is 0.207 e. The minimum absolute atomic E-state index is 0.212. The third-order valence-corrected chi connectivity index (χ3v) is 3.29. The van der Waals surface area contributed by atoms with Gasteiger partial charge in [-0.1, -0.05) is 30.3 Å². The average Bonchev–Trinajstić information content (AvgIpc) is 2.73. The molecule has 0 fully saturated rings. The van der Waals surface area contributed by atoms with Gasteiger partial charge in [0.1, 0.15) is 5.82 Å². The van der Waals surface area contributed by atoms with Gasteiger partial charge in [-0.05, 0) is 29.7 Å². The van der Waals surface area contributed by atoms with E-state index in [9.17, 15) is 4.39 Å². The molecule has 0 amide bonds. The molecule has 3 heteroatoms. The summed E-state index contributed by atoms with van der Waals surface area (Å²) >= 11 is 1.33. The van der Waals surface area contributed by atoms with Gasteiger partial charge in [-0.25, -0.2) is 4.39 Å². The van der Waals surface area contributed by atoms with E-state index >= 15 is 0 Å². The molecule has 3 rings (SSSR count). The lowest BCUT2D eigenvalue weighted by molar-refractivity contribution is 0.630. The Morgan fingerprint density at radius 2 is 1.81 bits per heavy atom. The Bertz CT molecular complexity index is 631. The second-order valence-corrected chi connectivity index (χ2v) is 4.34. The predicted molar refractivity (Wildman–Crippen MR) is 65.0 cm³/mol. The van der Waals surface area contributed by atoms with Crippen molar-refractivity contribution >= 4 is 21.6 Å². The fourth-order valence-corrected chi connectivity index (χ4v) is 2.54. The number of benzene rings is 2. The van der Waals surface area contributed by atoms with Crippen LogP contribution in [-0.4, -0.2) is 4.37 Å². The number of aromatic nitrogens is 1. The van der Waals surface area contributed by atoms with Crippen molar-refractivity contribution < 1.29 is 4.39 Å². The SMILES string of the molecule is Fc1ccc2c(-c3ccccc3)nsc2c1. The predicted octanol–water partition coefficient (Wildman–Crippen LogP) is 4.10. The van der Waals surface area contributed by atoms with Crippen molar-refractivity contribution in [2.45, 2.75) is 0 Å². The van der Waals surface area contributed by atoms with Gasteiger partial charge in [-0.15, -0.1) is 0 Å². The molecule has 1 aromatic heterocycles. The summed E-state index contributed by atoms with van der Waals surface area (Å²) in [6.07, 6.45) is 0. The maximum absolute atomic E-state index is 13.0. The molecule has 0 aliphatic heterocycles. The highest BCUT2D eigenvalue weighted by molar-refractivity contribution is 7.13. The molecule has 0 aliphatic rings. The van der Waals surface area contributed by atoms with E-state index in [1.165, 1.54) is 23.7 Å². The van der Waals surface area contributed by atoms with Crippen LogP contribution >= 0.6 is 11.5 Å². The zero-order chi connectivity index (χ0) is 11.0. The lowest BCUT2D eigenvalue weighted by Gasteiger charge is -1.96. The second-order valence-electron chi connectivity index (χ2n) is 3.54. The first kappa shape index (κ1) is 9.48. The van der Waals surface area contributed by atoms with Crippen molar-refractivity contribution in [3.05, 3.63) is 54.3 Å². The summed E-state index contributed by atoms with van der Waals surface area (Å²) in [5.74, 6) is -0.212. The third-order valence-electron chi connectivity index (χ3n) is 2.48. The molecule has 16 heavy (non-hydrogen) atoms. The van der Waals surface area contributed by atoms with Gasteiger partial charge in [-0.3, -0.25) is 0 Å². The van der Waals surface area contributed by atoms with Gasteiger partial charge in [0.25, 0.3) is 0 Å². The molecule has 1 heterocycles. The van der Waals surface area contributed by atoms with Crippen molar-refractivity contribution in [3.8, 4) is 11.3 Å². The van der Waals surface area contributed by atoms with E-state index < -0.39 is 0 Å². The van der Waals surface area contributed by atoms with Gasteiger partial charge in [0.15, 0.2) is 0 Å². The number of hydrogen-bond acceptors (Lipinski definition) is 2. The maximum atomic E-state index is 13.0. The molecule has 0 bridgehead atoms. The van der Waals surface area contributed by atoms with Crippen LogP contribution in [0.4, 0.5) is 4.39 Å². The normalized spacial score (nSPS) is 10.8. The first-order valence-corrected chi connectivity index (χ1v) is 5.72. The fourth-order valence-electron chi connectivity index (χ4n) is 1.72. The Balaban J connectivity index is 2.26. The molecule has 0 unspecified atom stereocenters. The summed E-state index contributed by atoms with van der Waals surface area (Å²) in [6.45, 7) is 0. The Hall–Kier alpha value is -1.74. The molecule has 0 saturated heterocycles. The van der Waals surface area contributed by atoms with E-state index in [0.717, 1.165) is 21.3 Å². The van der Waals surface area contributed by atoms with Gasteiger partial charge >= 0.3 is 0 Å². The topological polar surface area (TPSA) is 12.9 Å². The van der Waals surface area contributed by atoms with Crippen molar-refractivity contribution in [2.75, 3.05) is 0 Å². The van der Waals surface area contributed by atoms with Crippen molar-refractivity contribution in [3.63, 3.8) is 0 Å². The van der Waals surface area contributed by atoms with Gasteiger partial charge in [0.05, 0.1) is 10.4 Å². The first-order valence-electron chi connectivity index (χ1n) is 4.95. The Labute approximate surface area is 96.3 Å². The molecular formula is C13H8FNS. The fraction of sp³-hybridized carbons (Fsp3) is 0. The average molecular weight is 229 g/mol. The second kappa shape index (κ2) is 3.68. The summed E-state index contributed by atoms with van der Waals surface area (Å²) in [7, 11) is 0. The van der Waals surface area contributed by atoms with Crippen LogP contribution in [0.15, 0.2) is 48.5 Å². The molecule has 0 radical (unpaired) electrons. The van der Waals surface area contributed by atoms with Crippen LogP contribution in [0.3, 0.4) is 0 Å². The summed E-state index contributed by atoms with van der Waals surface area (Å²) < 4.78 is 18.3. The summed E-state index contributed by atoms with van der Waals surface area (Å²) in [5, 5.41) is 1.01. The molecule has 78 valence electrons. The maximum Gasteiger partial charge on any atom is 0.124 e. The summed E-state index contributed by atoms with van der Waals surface area (Å²) in [5.41, 5.74) is 2.00. The van der Waals surface area contributed by atoms with Gasteiger partial charge in [0, 0.05) is 10.9 Å². The number of rotatable bonds is 1. The Morgan fingerprint density at radius 1 is 1.00 bits per heavy atom. The van der Waals surface area contributed by atoms with Crippen LogP contribution < -0.4 is 0 Å². The van der Waals surface area contributed by atoms with Crippen LogP contribution in [0.25, 0.3) is 21.3 Å². The molecule has 0 aliphatic carbocycles. The van der Waals surface area contributed by atoms with Gasteiger partial charge in [-0.2, -0.15) is 4.37 Å². The van der Waals surface area contributed by atoms with Crippen molar-refractivity contribution in [1.29, 1.82) is 0 Å². The van der Waals surface area contributed by atoms with Crippen LogP contribution in [0.2, 0.25) is 0 Å². The van der Waals surface area contributed by atoms with Gasteiger partial charge in [0.2, 0.25) is 0 Å². The molecule has 0 N–H and O–H groups in total. The molecule has 0 spiro atoms. The molecule has 1 nitrogen and oxygen atoms in total. The Morgan fingerprint density at radius 3 is 2.62 bits per heavy atom. The molecule has 3 aromatic rings. The molecule has 0 saturated carbocycles. The van der Waals surface area contributed by atoms with Crippen molar-refractivity contribution in [2.24, 2.45) is 0 Å². The number of fused-ring (bicyclic) bond motifs is 1. The number of halogens is 1. The highest BCUT2D eigenvalue weighted by atomic mass is 32.1. The highest BCUT2D eigenvalue weighted by Crippen LogP contribution is 2.30. The van der Waals surface area contributed by atoms with E-state index in [4.69, 9.17) is 0 Å². The quantitative estimate of drug-likeness (QED) is 0.612. The van der Waals surface area contributed by atoms with Crippen LogP contribution in [-0.2, 0) is 0 Å². The lowest BCUT2D eigenvalue weighted by atomic mass is 10.1. The first-order chi connectivity index (χ1) is 7.84. The van der Waals surface area contributed by atoms with Crippen LogP contribution in [0, 0.1) is 5.82 Å². The zero-order valence-electron chi connectivity index (χ0n) is 8.35. The standard InChI is InChI=1S/C13H8FNS/c14-10-6-7-11-12(8-10)16-15-13(11)9-4-2-1-3-5-9/h1-8H. The van der Waals surface area contributed by atoms with E-state index in [2.05, 4.69) is 4.37 Å². The van der Waals surface area contributed by atoms with Crippen LogP contribution in [0.1, 0.15) is 0 Å². The highest BCUT2D eigenvalue weighted by Gasteiger charge is 2.08. The summed E-state index contributed by atoms with van der Waals surface area (Å²) in [6, 6.07) is 14.7. The van der Waals surface area contributed by atoms with E-state index in [1.54, 1.807) is 6.07 Å². The third kappa shape index (κ3) is 1.49. The Kier molecular flexibility index (Phi) is 2.18. The number of hydrogen-bond donors (Lipinski definition) is 0. The summed E-state index contributed by atoms with van der Waals surface area (Å²) in [4.78, 5) is 0. The molecular weight excluding hydrogens is 221 g/mol. The minimum atomic E-state index is -0.212. The van der Waals surface area contributed by atoms with Crippen molar-refractivity contribution in [1.82, 2.24) is 4.37 Å². The van der Waals surface area contributed by atoms with E-state index in [0.29, 0.717) is 0 Å². The monoisotopic (exact) mass is 229 g/mol. The van der Waals surface area contributed by atoms with E-state index in [-0.39, 0.29) is 5.82 Å². The van der Waals surface area contributed by atoms with Crippen LogP contribution in [0.5, 0.6) is 0 Å². The lowest BCUT2D eigenvalue weighted by Crippen LogP contribution is -1.77. The smallest absolute Gasteiger partial charge is 0.124 e. The zero-order valence-corrected chi connectivity index (χ0v) is 9.17. The van der Waals surface area contributed by atoms with Gasteiger partial charge < -0.3 is 0 Å². The molecule has 2 aromatic carbocycles.